The van der Waals surface area contributed by atoms with Crippen LogP contribution in [0.25, 0.3) is 0 Å². The Kier molecular flexibility index (Phi) is 2.44. The molecule has 1 aromatic carbocycles. The SMILES string of the molecule is CC[C@@H]1CCC(c2ccccc2)=N1. The van der Waals surface area contributed by atoms with Gasteiger partial charge in [-0.15, -0.1) is 0 Å². The first-order valence-corrected chi connectivity index (χ1v) is 5.02. The Morgan fingerprint density at radius 2 is 2.08 bits per heavy atom. The molecule has 68 valence electrons. The van der Waals surface area contributed by atoms with Crippen molar-refractivity contribution < 1.29 is 0 Å². The Hall–Kier alpha value is -1.11. The van der Waals surface area contributed by atoms with Gasteiger partial charge in [0.1, 0.15) is 0 Å². The van der Waals surface area contributed by atoms with Crippen molar-refractivity contribution in [3.63, 3.8) is 0 Å². The van der Waals surface area contributed by atoms with Gasteiger partial charge in [-0.2, -0.15) is 0 Å². The molecule has 0 bridgehead atoms. The zero-order valence-corrected chi connectivity index (χ0v) is 8.03. The molecule has 0 fully saturated rings. The number of nitrogens with zero attached hydrogens (tertiary/aromatic N) is 1. The third-order valence-corrected chi connectivity index (χ3v) is 2.63. The summed E-state index contributed by atoms with van der Waals surface area (Å²) in [7, 11) is 0. The van der Waals surface area contributed by atoms with E-state index in [4.69, 9.17) is 4.99 Å². The minimum Gasteiger partial charge on any atom is -0.286 e. The first-order valence-electron chi connectivity index (χ1n) is 5.02. The van der Waals surface area contributed by atoms with E-state index in [1.165, 1.54) is 24.1 Å². The van der Waals surface area contributed by atoms with E-state index in [0.29, 0.717) is 6.04 Å². The number of hydrogen-bond donors (Lipinski definition) is 0. The van der Waals surface area contributed by atoms with Crippen molar-refractivity contribution in [1.82, 2.24) is 0 Å². The topological polar surface area (TPSA) is 12.4 Å². The van der Waals surface area contributed by atoms with Gasteiger partial charge < -0.3 is 0 Å². The molecule has 2 rings (SSSR count). The van der Waals surface area contributed by atoms with Gasteiger partial charge in [-0.1, -0.05) is 37.3 Å². The minimum atomic E-state index is 0.579. The standard InChI is InChI=1S/C12H15N/c1-2-11-8-9-12(13-11)10-6-4-3-5-7-10/h3-7,11H,2,8-9H2,1H3/t11-/m1/s1. The zero-order valence-electron chi connectivity index (χ0n) is 8.03. The highest BCUT2D eigenvalue weighted by molar-refractivity contribution is 6.01. The molecule has 0 saturated heterocycles. The largest absolute Gasteiger partial charge is 0.286 e. The van der Waals surface area contributed by atoms with Crippen LogP contribution in [0.1, 0.15) is 31.7 Å². The van der Waals surface area contributed by atoms with Crippen LogP contribution >= 0.6 is 0 Å². The second kappa shape index (κ2) is 3.73. The van der Waals surface area contributed by atoms with Crippen LogP contribution in [0.5, 0.6) is 0 Å². The number of benzene rings is 1. The van der Waals surface area contributed by atoms with Gasteiger partial charge in [-0.05, 0) is 24.8 Å². The molecular weight excluding hydrogens is 158 g/mol. The normalized spacial score (nSPS) is 21.6. The fourth-order valence-corrected chi connectivity index (χ4v) is 1.80. The number of rotatable bonds is 2. The monoisotopic (exact) mass is 173 g/mol. The lowest BCUT2D eigenvalue weighted by Gasteiger charge is -1.98. The van der Waals surface area contributed by atoms with E-state index in [2.05, 4.69) is 37.3 Å². The van der Waals surface area contributed by atoms with Crippen LogP contribution < -0.4 is 0 Å². The van der Waals surface area contributed by atoms with E-state index in [0.717, 1.165) is 6.42 Å². The van der Waals surface area contributed by atoms with Gasteiger partial charge in [0.15, 0.2) is 0 Å². The maximum absolute atomic E-state index is 4.69. The van der Waals surface area contributed by atoms with Crippen LogP contribution in [0.2, 0.25) is 0 Å². The molecule has 0 N–H and O–H groups in total. The van der Waals surface area contributed by atoms with Gasteiger partial charge in [0.25, 0.3) is 0 Å². The second-order valence-electron chi connectivity index (χ2n) is 3.54. The molecule has 0 aliphatic carbocycles. The van der Waals surface area contributed by atoms with Crippen LogP contribution in [0.15, 0.2) is 35.3 Å². The van der Waals surface area contributed by atoms with Gasteiger partial charge in [-0.25, -0.2) is 0 Å². The maximum Gasteiger partial charge on any atom is 0.0504 e. The Balaban J connectivity index is 2.19. The predicted molar refractivity (Wildman–Crippen MR) is 56.3 cm³/mol. The minimum absolute atomic E-state index is 0.579. The molecule has 1 heterocycles. The van der Waals surface area contributed by atoms with E-state index < -0.39 is 0 Å². The number of aliphatic imine (C=N–C) groups is 1. The molecule has 1 heteroatoms. The van der Waals surface area contributed by atoms with Crippen LogP contribution in [-0.2, 0) is 0 Å². The lowest BCUT2D eigenvalue weighted by molar-refractivity contribution is 0.649. The van der Waals surface area contributed by atoms with Crippen LogP contribution in [-0.4, -0.2) is 11.8 Å². The third kappa shape index (κ3) is 1.80. The highest BCUT2D eigenvalue weighted by Gasteiger charge is 2.16. The average Bonchev–Trinajstić information content (AvgIpc) is 2.67. The highest BCUT2D eigenvalue weighted by Crippen LogP contribution is 2.20. The predicted octanol–water partition coefficient (Wildman–Crippen LogP) is 3.05. The highest BCUT2D eigenvalue weighted by atomic mass is 14.8. The van der Waals surface area contributed by atoms with Crippen molar-refractivity contribution >= 4 is 5.71 Å². The van der Waals surface area contributed by atoms with Gasteiger partial charge in [0.2, 0.25) is 0 Å². The average molecular weight is 173 g/mol. The van der Waals surface area contributed by atoms with Crippen molar-refractivity contribution in [2.24, 2.45) is 4.99 Å². The zero-order chi connectivity index (χ0) is 9.10. The molecule has 13 heavy (non-hydrogen) atoms. The Morgan fingerprint density at radius 3 is 2.69 bits per heavy atom. The molecule has 0 unspecified atom stereocenters. The fourth-order valence-electron chi connectivity index (χ4n) is 1.80. The van der Waals surface area contributed by atoms with E-state index in [1.54, 1.807) is 0 Å². The van der Waals surface area contributed by atoms with E-state index in [-0.39, 0.29) is 0 Å². The molecule has 1 aromatic rings. The molecule has 0 aromatic heterocycles. The van der Waals surface area contributed by atoms with Crippen molar-refractivity contribution in [2.75, 3.05) is 0 Å². The lowest BCUT2D eigenvalue weighted by atomic mass is 10.1. The van der Waals surface area contributed by atoms with Gasteiger partial charge in [0, 0.05) is 5.71 Å². The van der Waals surface area contributed by atoms with Crippen LogP contribution in [0, 0.1) is 0 Å². The maximum atomic E-state index is 4.69. The summed E-state index contributed by atoms with van der Waals surface area (Å²) in [5.74, 6) is 0. The fraction of sp³-hybridized carbons (Fsp3) is 0.417. The summed E-state index contributed by atoms with van der Waals surface area (Å²) >= 11 is 0. The molecule has 1 aliphatic rings. The van der Waals surface area contributed by atoms with Crippen molar-refractivity contribution in [3.05, 3.63) is 35.9 Å². The second-order valence-corrected chi connectivity index (χ2v) is 3.54. The third-order valence-electron chi connectivity index (χ3n) is 2.63. The van der Waals surface area contributed by atoms with Crippen LogP contribution in [0.3, 0.4) is 0 Å². The van der Waals surface area contributed by atoms with E-state index in [1.807, 2.05) is 0 Å². The van der Waals surface area contributed by atoms with E-state index in [9.17, 15) is 0 Å². The van der Waals surface area contributed by atoms with Crippen molar-refractivity contribution in [1.29, 1.82) is 0 Å². The summed E-state index contributed by atoms with van der Waals surface area (Å²) < 4.78 is 0. The summed E-state index contributed by atoms with van der Waals surface area (Å²) in [5.41, 5.74) is 2.60. The van der Waals surface area contributed by atoms with Gasteiger partial charge in [0.05, 0.1) is 6.04 Å². The van der Waals surface area contributed by atoms with E-state index >= 15 is 0 Å². The Labute approximate surface area is 79.5 Å². The molecule has 0 amide bonds. The van der Waals surface area contributed by atoms with Crippen molar-refractivity contribution in [3.8, 4) is 0 Å². The summed E-state index contributed by atoms with van der Waals surface area (Å²) in [6.07, 6.45) is 3.57. The Bertz CT molecular complexity index is 300. The first-order chi connectivity index (χ1) is 6.40. The number of hydrogen-bond acceptors (Lipinski definition) is 1. The summed E-state index contributed by atoms with van der Waals surface area (Å²) in [4.78, 5) is 4.69. The summed E-state index contributed by atoms with van der Waals surface area (Å²) in [5, 5.41) is 0. The van der Waals surface area contributed by atoms with Gasteiger partial charge in [-0.3, -0.25) is 4.99 Å². The molecule has 1 aliphatic heterocycles. The van der Waals surface area contributed by atoms with Gasteiger partial charge >= 0.3 is 0 Å². The molecule has 0 radical (unpaired) electrons. The van der Waals surface area contributed by atoms with Crippen LogP contribution in [0.4, 0.5) is 0 Å². The van der Waals surface area contributed by atoms with Crippen molar-refractivity contribution in [2.45, 2.75) is 32.2 Å². The quantitative estimate of drug-likeness (QED) is 0.651. The molecule has 1 nitrogen and oxygen atoms in total. The molecule has 0 spiro atoms. The smallest absolute Gasteiger partial charge is 0.0504 e. The molecule has 1 atom stereocenters. The summed E-state index contributed by atoms with van der Waals surface area (Å²) in [6.45, 7) is 2.21. The molecule has 0 saturated carbocycles. The summed E-state index contributed by atoms with van der Waals surface area (Å²) in [6, 6.07) is 11.1. The Morgan fingerprint density at radius 1 is 1.31 bits per heavy atom. The lowest BCUT2D eigenvalue weighted by Crippen LogP contribution is -1.95. The first kappa shape index (κ1) is 8.49. The molecular formula is C12H15N.